The van der Waals surface area contributed by atoms with Gasteiger partial charge < -0.3 is 15.2 Å². The number of hydrogen-bond donors (Lipinski definition) is 2. The second-order valence-corrected chi connectivity index (χ2v) is 5.90. The zero-order chi connectivity index (χ0) is 13.8. The van der Waals surface area contributed by atoms with Crippen molar-refractivity contribution in [3.63, 3.8) is 0 Å². The Morgan fingerprint density at radius 1 is 1.28 bits per heavy atom. The summed E-state index contributed by atoms with van der Waals surface area (Å²) in [4.78, 5) is 22.5. The van der Waals surface area contributed by atoms with Crippen molar-refractivity contribution in [3.8, 4) is 0 Å². The average molecular weight is 257 g/mol. The fourth-order valence-corrected chi connectivity index (χ4v) is 2.33. The molecule has 18 heavy (non-hydrogen) atoms. The van der Waals surface area contributed by atoms with Gasteiger partial charge in [0.2, 0.25) is 0 Å². The van der Waals surface area contributed by atoms with Crippen LogP contribution in [0.2, 0.25) is 0 Å². The summed E-state index contributed by atoms with van der Waals surface area (Å²) in [5.41, 5.74) is -0.527. The molecule has 0 heterocycles. The molecule has 5 nitrogen and oxygen atoms in total. The van der Waals surface area contributed by atoms with E-state index in [0.717, 1.165) is 25.7 Å². The van der Waals surface area contributed by atoms with Gasteiger partial charge in [0.25, 0.3) is 0 Å². The first-order valence-corrected chi connectivity index (χ1v) is 6.49. The highest BCUT2D eigenvalue weighted by Gasteiger charge is 2.29. The van der Waals surface area contributed by atoms with Crippen molar-refractivity contribution < 1.29 is 19.4 Å². The number of rotatable bonds is 3. The molecule has 0 radical (unpaired) electrons. The number of nitrogens with one attached hydrogen (secondary N) is 1. The maximum absolute atomic E-state index is 11.7. The van der Waals surface area contributed by atoms with E-state index in [0.29, 0.717) is 0 Å². The number of alkyl carbamates (subject to hydrolysis) is 1. The highest BCUT2D eigenvalue weighted by atomic mass is 16.6. The quantitative estimate of drug-likeness (QED) is 0.814. The summed E-state index contributed by atoms with van der Waals surface area (Å²) < 4.78 is 5.20. The molecule has 0 spiro atoms. The molecule has 2 unspecified atom stereocenters. The number of aliphatic carboxylic acids is 1. The summed E-state index contributed by atoms with van der Waals surface area (Å²) in [6, 6.07) is -0.0790. The van der Waals surface area contributed by atoms with Gasteiger partial charge in [-0.25, -0.2) is 4.79 Å². The fourth-order valence-electron chi connectivity index (χ4n) is 2.33. The summed E-state index contributed by atoms with van der Waals surface area (Å²) in [6.45, 7) is 5.42. The molecule has 1 rings (SSSR count). The van der Waals surface area contributed by atoms with Crippen molar-refractivity contribution in [2.45, 2.75) is 64.5 Å². The van der Waals surface area contributed by atoms with Crippen LogP contribution in [0.15, 0.2) is 0 Å². The molecule has 0 aromatic rings. The Morgan fingerprint density at radius 2 is 1.89 bits per heavy atom. The van der Waals surface area contributed by atoms with E-state index in [1.165, 1.54) is 0 Å². The van der Waals surface area contributed by atoms with E-state index in [1.54, 1.807) is 0 Å². The van der Waals surface area contributed by atoms with Crippen molar-refractivity contribution in [3.05, 3.63) is 0 Å². The second kappa shape index (κ2) is 6.07. The summed E-state index contributed by atoms with van der Waals surface area (Å²) in [5.74, 6) is -0.790. The molecule has 104 valence electrons. The van der Waals surface area contributed by atoms with Crippen LogP contribution in [-0.2, 0) is 9.53 Å². The largest absolute Gasteiger partial charge is 0.481 e. The van der Waals surface area contributed by atoms with Crippen LogP contribution >= 0.6 is 0 Å². The van der Waals surface area contributed by atoms with Gasteiger partial charge in [0, 0.05) is 6.04 Å². The number of amides is 1. The summed E-state index contributed by atoms with van der Waals surface area (Å²) in [7, 11) is 0. The Balaban J connectivity index is 2.51. The van der Waals surface area contributed by atoms with E-state index in [1.807, 2.05) is 20.8 Å². The predicted molar refractivity (Wildman–Crippen MR) is 67.4 cm³/mol. The Labute approximate surface area is 108 Å². The maximum Gasteiger partial charge on any atom is 0.407 e. The average Bonchev–Trinajstić information content (AvgIpc) is 2.17. The zero-order valence-corrected chi connectivity index (χ0v) is 11.4. The van der Waals surface area contributed by atoms with Gasteiger partial charge in [0.1, 0.15) is 5.60 Å². The van der Waals surface area contributed by atoms with Crippen LogP contribution in [0, 0.1) is 5.92 Å². The molecule has 2 atom stereocenters. The van der Waals surface area contributed by atoms with E-state index in [-0.39, 0.29) is 18.4 Å². The monoisotopic (exact) mass is 257 g/mol. The molecule has 2 N–H and O–H groups in total. The van der Waals surface area contributed by atoms with Crippen LogP contribution < -0.4 is 5.32 Å². The maximum atomic E-state index is 11.7. The molecule has 1 amide bonds. The molecule has 1 aliphatic rings. The molecule has 0 saturated heterocycles. The Hall–Kier alpha value is -1.26. The van der Waals surface area contributed by atoms with Gasteiger partial charge in [-0.15, -0.1) is 0 Å². The molecule has 0 aromatic carbocycles. The minimum absolute atomic E-state index is 0.0174. The standard InChI is InChI=1S/C13H23NO4/c1-13(2,3)18-12(17)14-10-7-5-4-6-9(10)8-11(15)16/h9-10H,4-8H2,1-3H3,(H,14,17)(H,15,16). The second-order valence-electron chi connectivity index (χ2n) is 5.90. The minimum atomic E-state index is -0.808. The predicted octanol–water partition coefficient (Wildman–Crippen LogP) is 2.54. The van der Waals surface area contributed by atoms with Crippen molar-refractivity contribution in [2.24, 2.45) is 5.92 Å². The fraction of sp³-hybridized carbons (Fsp3) is 0.846. The van der Waals surface area contributed by atoms with Gasteiger partial charge >= 0.3 is 12.1 Å². The first kappa shape index (κ1) is 14.8. The smallest absolute Gasteiger partial charge is 0.407 e. The molecule has 0 aliphatic heterocycles. The van der Waals surface area contributed by atoms with Crippen molar-refractivity contribution >= 4 is 12.1 Å². The topological polar surface area (TPSA) is 75.6 Å². The van der Waals surface area contributed by atoms with Gasteiger partial charge in [-0.1, -0.05) is 12.8 Å². The van der Waals surface area contributed by atoms with Crippen LogP contribution in [0.1, 0.15) is 52.9 Å². The van der Waals surface area contributed by atoms with Gasteiger partial charge in [0.15, 0.2) is 0 Å². The molecular formula is C13H23NO4. The number of carbonyl (C=O) groups is 2. The number of carboxylic acid groups (broad SMARTS) is 1. The lowest BCUT2D eigenvalue weighted by Crippen LogP contribution is -2.44. The van der Waals surface area contributed by atoms with Crippen LogP contribution in [0.4, 0.5) is 4.79 Å². The molecular weight excluding hydrogens is 234 g/mol. The van der Waals surface area contributed by atoms with Crippen LogP contribution in [0.3, 0.4) is 0 Å². The molecule has 5 heteroatoms. The van der Waals surface area contributed by atoms with Crippen LogP contribution in [0.5, 0.6) is 0 Å². The van der Waals surface area contributed by atoms with E-state index in [4.69, 9.17) is 9.84 Å². The zero-order valence-electron chi connectivity index (χ0n) is 11.4. The third-order valence-electron chi connectivity index (χ3n) is 3.05. The Morgan fingerprint density at radius 3 is 2.44 bits per heavy atom. The van der Waals surface area contributed by atoms with Gasteiger partial charge in [-0.05, 0) is 39.5 Å². The summed E-state index contributed by atoms with van der Waals surface area (Å²) in [5, 5.41) is 11.7. The molecule has 1 saturated carbocycles. The summed E-state index contributed by atoms with van der Waals surface area (Å²) >= 11 is 0. The molecule has 0 bridgehead atoms. The highest BCUT2D eigenvalue weighted by Crippen LogP contribution is 2.27. The van der Waals surface area contributed by atoms with Gasteiger partial charge in [-0.3, -0.25) is 4.79 Å². The number of ether oxygens (including phenoxy) is 1. The van der Waals surface area contributed by atoms with Crippen molar-refractivity contribution in [2.75, 3.05) is 0 Å². The Kier molecular flexibility index (Phi) is 4.99. The van der Waals surface area contributed by atoms with Crippen molar-refractivity contribution in [1.29, 1.82) is 0 Å². The highest BCUT2D eigenvalue weighted by molar-refractivity contribution is 5.69. The number of carbonyl (C=O) groups excluding carboxylic acids is 1. The number of carboxylic acids is 1. The lowest BCUT2D eigenvalue weighted by Gasteiger charge is -2.32. The molecule has 0 aromatic heterocycles. The van der Waals surface area contributed by atoms with Gasteiger partial charge in [0.05, 0.1) is 6.42 Å². The first-order chi connectivity index (χ1) is 8.28. The minimum Gasteiger partial charge on any atom is -0.481 e. The third-order valence-corrected chi connectivity index (χ3v) is 3.05. The van der Waals surface area contributed by atoms with E-state index < -0.39 is 17.7 Å². The first-order valence-electron chi connectivity index (χ1n) is 6.49. The lowest BCUT2D eigenvalue weighted by molar-refractivity contribution is -0.138. The third kappa shape index (κ3) is 5.38. The number of hydrogen-bond acceptors (Lipinski definition) is 3. The van der Waals surface area contributed by atoms with Crippen LogP contribution in [0.25, 0.3) is 0 Å². The SMILES string of the molecule is CC(C)(C)OC(=O)NC1CCCCC1CC(=O)O. The normalized spacial score (nSPS) is 24.4. The van der Waals surface area contributed by atoms with E-state index in [2.05, 4.69) is 5.32 Å². The van der Waals surface area contributed by atoms with Crippen molar-refractivity contribution in [1.82, 2.24) is 5.32 Å². The van der Waals surface area contributed by atoms with Crippen LogP contribution in [-0.4, -0.2) is 28.8 Å². The summed E-state index contributed by atoms with van der Waals surface area (Å²) in [6.07, 6.45) is 3.40. The van der Waals surface area contributed by atoms with E-state index in [9.17, 15) is 9.59 Å². The van der Waals surface area contributed by atoms with E-state index >= 15 is 0 Å². The van der Waals surface area contributed by atoms with Gasteiger partial charge in [-0.2, -0.15) is 0 Å². The Bertz CT molecular complexity index is 309. The molecule has 1 fully saturated rings. The molecule has 1 aliphatic carbocycles. The lowest BCUT2D eigenvalue weighted by atomic mass is 9.82.